The van der Waals surface area contributed by atoms with Crippen molar-refractivity contribution in [3.05, 3.63) is 54.9 Å². The van der Waals surface area contributed by atoms with E-state index in [1.54, 1.807) is 46.3 Å². The molecule has 0 aliphatic carbocycles. The van der Waals surface area contributed by atoms with Crippen LogP contribution >= 0.6 is 0 Å². The summed E-state index contributed by atoms with van der Waals surface area (Å²) in [4.78, 5) is 12.2. The van der Waals surface area contributed by atoms with Crippen LogP contribution < -0.4 is 10.6 Å². The Kier molecular flexibility index (Phi) is 4.55. The molecule has 0 fully saturated rings. The highest BCUT2D eigenvalue weighted by Crippen LogP contribution is 2.21. The Balaban J connectivity index is 1.75. The molecule has 2 N–H and O–H groups in total. The van der Waals surface area contributed by atoms with Gasteiger partial charge in [0.1, 0.15) is 5.82 Å². The summed E-state index contributed by atoms with van der Waals surface area (Å²) in [5, 5.41) is 13.6. The average molecular weight is 328 g/mol. The number of nitrogens with zero attached hydrogens (tertiary/aromatic N) is 4. The van der Waals surface area contributed by atoms with E-state index >= 15 is 0 Å². The van der Waals surface area contributed by atoms with Crippen molar-refractivity contribution in [3.63, 3.8) is 0 Å². The minimum Gasteiger partial charge on any atom is -0.306 e. The fourth-order valence-corrected chi connectivity index (χ4v) is 2.28. The van der Waals surface area contributed by atoms with E-state index < -0.39 is 11.8 Å². The summed E-state index contributed by atoms with van der Waals surface area (Å²) in [6, 6.07) is 5.38. The number of carbonyl (C=O) groups excluding carboxylic acids is 1. The summed E-state index contributed by atoms with van der Waals surface area (Å²) in [5.41, 5.74) is 1.45. The molecule has 0 atom stereocenters. The lowest BCUT2D eigenvalue weighted by molar-refractivity contribution is 0.262. The molecule has 3 aromatic rings. The van der Waals surface area contributed by atoms with Crippen molar-refractivity contribution in [1.29, 1.82) is 0 Å². The van der Waals surface area contributed by atoms with E-state index in [0.717, 1.165) is 13.0 Å². The molecule has 3 rings (SSSR count). The molecule has 2 amide bonds. The number of benzene rings is 1. The van der Waals surface area contributed by atoms with Gasteiger partial charge in [0.15, 0.2) is 0 Å². The average Bonchev–Trinajstić information content (AvgIpc) is 3.20. The molecule has 0 spiro atoms. The van der Waals surface area contributed by atoms with Crippen LogP contribution in [-0.2, 0) is 6.54 Å². The third kappa shape index (κ3) is 3.60. The highest BCUT2D eigenvalue weighted by Gasteiger charge is 2.11. The van der Waals surface area contributed by atoms with Gasteiger partial charge in [-0.05, 0) is 30.7 Å². The number of amides is 2. The highest BCUT2D eigenvalue weighted by molar-refractivity contribution is 6.00. The summed E-state index contributed by atoms with van der Waals surface area (Å²) >= 11 is 0. The lowest BCUT2D eigenvalue weighted by Gasteiger charge is -2.11. The molecule has 0 aliphatic heterocycles. The summed E-state index contributed by atoms with van der Waals surface area (Å²) in [5.74, 6) is -0.447. The number of carbonyl (C=O) groups is 1. The summed E-state index contributed by atoms with van der Waals surface area (Å²) in [6.45, 7) is 2.82. The van der Waals surface area contributed by atoms with Crippen LogP contribution in [0.2, 0.25) is 0 Å². The van der Waals surface area contributed by atoms with Crippen LogP contribution in [0.4, 0.5) is 20.6 Å². The van der Waals surface area contributed by atoms with Crippen molar-refractivity contribution in [2.75, 3.05) is 10.6 Å². The Morgan fingerprint density at radius 3 is 2.92 bits per heavy atom. The maximum atomic E-state index is 13.5. The quantitative estimate of drug-likeness (QED) is 0.755. The van der Waals surface area contributed by atoms with Gasteiger partial charge in [0.25, 0.3) is 0 Å². The minimum atomic E-state index is -0.481. The van der Waals surface area contributed by atoms with Gasteiger partial charge in [-0.3, -0.25) is 4.68 Å². The predicted molar refractivity (Wildman–Crippen MR) is 88.7 cm³/mol. The van der Waals surface area contributed by atoms with E-state index in [-0.39, 0.29) is 0 Å². The second kappa shape index (κ2) is 6.95. The van der Waals surface area contributed by atoms with Gasteiger partial charge in [-0.15, -0.1) is 0 Å². The summed E-state index contributed by atoms with van der Waals surface area (Å²) in [6.07, 6.45) is 7.57. The monoisotopic (exact) mass is 328 g/mol. The SMILES string of the molecule is CCCn1cc(NC(=O)Nc2cc(F)ccc2-n2cccn2)cn1. The molecule has 2 heterocycles. The Morgan fingerprint density at radius 1 is 1.29 bits per heavy atom. The van der Waals surface area contributed by atoms with Crippen LogP contribution in [0.3, 0.4) is 0 Å². The molecule has 2 aromatic heterocycles. The van der Waals surface area contributed by atoms with Gasteiger partial charge in [0, 0.05) is 25.1 Å². The Morgan fingerprint density at radius 2 is 2.17 bits per heavy atom. The van der Waals surface area contributed by atoms with Crippen LogP contribution in [0.25, 0.3) is 5.69 Å². The molecule has 0 bridgehead atoms. The van der Waals surface area contributed by atoms with Gasteiger partial charge < -0.3 is 10.6 Å². The number of hydrogen-bond acceptors (Lipinski definition) is 3. The Bertz CT molecular complexity index is 827. The topological polar surface area (TPSA) is 76.8 Å². The first-order chi connectivity index (χ1) is 11.7. The number of rotatable bonds is 5. The van der Waals surface area contributed by atoms with E-state index in [1.165, 1.54) is 12.1 Å². The smallest absolute Gasteiger partial charge is 0.306 e. The van der Waals surface area contributed by atoms with Gasteiger partial charge in [0.05, 0.1) is 23.3 Å². The van der Waals surface area contributed by atoms with Gasteiger partial charge >= 0.3 is 6.03 Å². The second-order valence-corrected chi connectivity index (χ2v) is 5.18. The molecule has 0 aliphatic rings. The lowest BCUT2D eigenvalue weighted by Crippen LogP contribution is -2.20. The largest absolute Gasteiger partial charge is 0.323 e. The molecular weight excluding hydrogens is 311 g/mol. The first kappa shape index (κ1) is 15.7. The van der Waals surface area contributed by atoms with Crippen LogP contribution in [0.1, 0.15) is 13.3 Å². The number of nitrogens with one attached hydrogen (secondary N) is 2. The number of hydrogen-bond donors (Lipinski definition) is 2. The number of anilines is 2. The van der Waals surface area contributed by atoms with Crippen molar-refractivity contribution >= 4 is 17.4 Å². The van der Waals surface area contributed by atoms with Crippen LogP contribution in [0.5, 0.6) is 0 Å². The molecule has 8 heteroatoms. The van der Waals surface area contributed by atoms with E-state index in [1.807, 2.05) is 6.92 Å². The standard InChI is InChI=1S/C16H17FN6O/c1-2-7-22-11-13(10-19-22)20-16(24)21-14-9-12(17)4-5-15(14)23-8-3-6-18-23/h3-6,8-11H,2,7H2,1H3,(H2,20,21,24). The zero-order valence-corrected chi connectivity index (χ0v) is 13.1. The van der Waals surface area contributed by atoms with Gasteiger partial charge in [0.2, 0.25) is 0 Å². The third-order valence-corrected chi connectivity index (χ3v) is 3.30. The van der Waals surface area contributed by atoms with Gasteiger partial charge in [-0.25, -0.2) is 13.9 Å². The first-order valence-corrected chi connectivity index (χ1v) is 7.55. The number of aryl methyl sites for hydroxylation is 1. The Hall–Kier alpha value is -3.16. The Labute approximate surface area is 138 Å². The van der Waals surface area contributed by atoms with Crippen molar-refractivity contribution < 1.29 is 9.18 Å². The lowest BCUT2D eigenvalue weighted by atomic mass is 10.2. The van der Waals surface area contributed by atoms with Crippen molar-refractivity contribution in [3.8, 4) is 5.69 Å². The van der Waals surface area contributed by atoms with E-state index in [4.69, 9.17) is 0 Å². The number of urea groups is 1. The van der Waals surface area contributed by atoms with E-state index in [9.17, 15) is 9.18 Å². The first-order valence-electron chi connectivity index (χ1n) is 7.55. The fourth-order valence-electron chi connectivity index (χ4n) is 2.28. The molecule has 0 radical (unpaired) electrons. The molecule has 1 aromatic carbocycles. The minimum absolute atomic E-state index is 0.317. The van der Waals surface area contributed by atoms with Crippen LogP contribution in [0, 0.1) is 5.82 Å². The maximum Gasteiger partial charge on any atom is 0.323 e. The fraction of sp³-hybridized carbons (Fsp3) is 0.188. The molecule has 24 heavy (non-hydrogen) atoms. The third-order valence-electron chi connectivity index (χ3n) is 3.30. The zero-order chi connectivity index (χ0) is 16.9. The molecule has 0 saturated carbocycles. The van der Waals surface area contributed by atoms with Crippen LogP contribution in [-0.4, -0.2) is 25.6 Å². The molecule has 0 saturated heterocycles. The number of aromatic nitrogens is 4. The maximum absolute atomic E-state index is 13.5. The number of halogens is 1. The van der Waals surface area contributed by atoms with Crippen molar-refractivity contribution in [1.82, 2.24) is 19.6 Å². The normalized spacial score (nSPS) is 10.6. The van der Waals surface area contributed by atoms with Crippen molar-refractivity contribution in [2.24, 2.45) is 0 Å². The van der Waals surface area contributed by atoms with Gasteiger partial charge in [-0.1, -0.05) is 6.92 Å². The molecule has 0 unspecified atom stereocenters. The zero-order valence-electron chi connectivity index (χ0n) is 13.1. The molecular formula is C16H17FN6O. The summed E-state index contributed by atoms with van der Waals surface area (Å²) < 4.78 is 16.8. The van der Waals surface area contributed by atoms with E-state index in [2.05, 4.69) is 20.8 Å². The van der Waals surface area contributed by atoms with Crippen molar-refractivity contribution in [2.45, 2.75) is 19.9 Å². The van der Waals surface area contributed by atoms with Crippen LogP contribution in [0.15, 0.2) is 49.1 Å². The summed E-state index contributed by atoms with van der Waals surface area (Å²) in [7, 11) is 0. The molecule has 7 nitrogen and oxygen atoms in total. The van der Waals surface area contributed by atoms with Gasteiger partial charge in [-0.2, -0.15) is 10.2 Å². The molecule has 124 valence electrons. The van der Waals surface area contributed by atoms with E-state index in [0.29, 0.717) is 17.1 Å². The predicted octanol–water partition coefficient (Wildman–Crippen LogP) is 3.26. The second-order valence-electron chi connectivity index (χ2n) is 5.18. The highest BCUT2D eigenvalue weighted by atomic mass is 19.1.